The average Bonchev–Trinajstić information content (AvgIpc) is 3.01. The van der Waals surface area contributed by atoms with Crippen molar-refractivity contribution in [3.8, 4) is 0 Å². The van der Waals surface area contributed by atoms with E-state index in [1.165, 1.54) is 26.9 Å². The van der Waals surface area contributed by atoms with Gasteiger partial charge < -0.3 is 5.32 Å². The molecule has 0 saturated carbocycles. The van der Waals surface area contributed by atoms with Gasteiger partial charge in [-0.2, -0.15) is 0 Å². The number of hydrogen-bond donors (Lipinski definition) is 1. The van der Waals surface area contributed by atoms with Crippen LogP contribution >= 0.6 is 22.9 Å². The molecule has 1 unspecified atom stereocenters. The molecule has 0 radical (unpaired) electrons. The Labute approximate surface area is 123 Å². The Balaban J connectivity index is 2.31. The number of thiophene rings is 1. The maximum Gasteiger partial charge on any atom is 0.0807 e. The Kier molecular flexibility index (Phi) is 5.48. The second-order valence-electron chi connectivity index (χ2n) is 4.69. The topological polar surface area (TPSA) is 37.8 Å². The van der Waals surface area contributed by atoms with Gasteiger partial charge in [0.05, 0.1) is 16.6 Å². The number of nitrogens with one attached hydrogen (secondary N) is 1. The van der Waals surface area contributed by atoms with Crippen LogP contribution in [0.2, 0.25) is 0 Å². The monoisotopic (exact) mass is 295 g/mol. The van der Waals surface area contributed by atoms with E-state index in [0.717, 1.165) is 31.5 Å². The predicted molar refractivity (Wildman–Crippen MR) is 83.1 cm³/mol. The largest absolute Gasteiger partial charge is 0.305 e. The van der Waals surface area contributed by atoms with E-state index in [1.54, 1.807) is 0 Å². The van der Waals surface area contributed by atoms with Gasteiger partial charge in [0.25, 0.3) is 0 Å². The highest BCUT2D eigenvalue weighted by molar-refractivity contribution is 7.10. The Morgan fingerprint density at radius 1 is 1.26 bits per heavy atom. The summed E-state index contributed by atoms with van der Waals surface area (Å²) in [5.74, 6) is 0. The Bertz CT molecular complexity index is 504. The van der Waals surface area contributed by atoms with E-state index in [0.29, 0.717) is 0 Å². The fraction of sp³-hybridized carbons (Fsp3) is 0.571. The lowest BCUT2D eigenvalue weighted by Gasteiger charge is -2.17. The molecule has 1 atom stereocenters. The van der Waals surface area contributed by atoms with Gasteiger partial charge in [-0.3, -0.25) is 0 Å². The summed E-state index contributed by atoms with van der Waals surface area (Å²) in [7, 11) is 0. The first-order valence-corrected chi connectivity index (χ1v) is 8.51. The number of aryl methyl sites for hydroxylation is 2. The number of nitrogens with zero attached hydrogens (tertiary/aromatic N) is 2. The highest BCUT2D eigenvalue weighted by Gasteiger charge is 2.22. The minimum atomic E-state index is 0.265. The number of hydrogen-bond acceptors (Lipinski definition) is 5. The summed E-state index contributed by atoms with van der Waals surface area (Å²) >= 11 is 3.36. The van der Waals surface area contributed by atoms with Gasteiger partial charge >= 0.3 is 0 Å². The van der Waals surface area contributed by atoms with Crippen LogP contribution in [0.4, 0.5) is 0 Å². The number of rotatable bonds is 7. The van der Waals surface area contributed by atoms with Crippen molar-refractivity contribution in [1.82, 2.24) is 14.9 Å². The average molecular weight is 295 g/mol. The highest BCUT2D eigenvalue weighted by atomic mass is 32.1. The fourth-order valence-corrected chi connectivity index (χ4v) is 3.99. The summed E-state index contributed by atoms with van der Waals surface area (Å²) < 4.78 is 4.17. The van der Waals surface area contributed by atoms with Crippen LogP contribution in [0.3, 0.4) is 0 Å². The third-order valence-electron chi connectivity index (χ3n) is 3.10. The fourth-order valence-electron chi connectivity index (χ4n) is 2.12. The van der Waals surface area contributed by atoms with E-state index in [-0.39, 0.29) is 6.04 Å². The molecule has 0 saturated heterocycles. The first-order chi connectivity index (χ1) is 9.27. The van der Waals surface area contributed by atoms with Gasteiger partial charge in [0, 0.05) is 4.88 Å². The molecule has 0 bridgehead atoms. The molecule has 0 spiro atoms. The molecule has 0 amide bonds. The third kappa shape index (κ3) is 3.41. The van der Waals surface area contributed by atoms with E-state index < -0.39 is 0 Å². The predicted octanol–water partition coefficient (Wildman–Crippen LogP) is 3.95. The Hall–Kier alpha value is -0.780. The maximum atomic E-state index is 4.31. The van der Waals surface area contributed by atoms with E-state index in [4.69, 9.17) is 0 Å². The molecule has 0 aliphatic carbocycles. The van der Waals surface area contributed by atoms with Crippen LogP contribution < -0.4 is 5.32 Å². The minimum Gasteiger partial charge on any atom is -0.305 e. The second kappa shape index (κ2) is 7.12. The zero-order valence-corrected chi connectivity index (χ0v) is 13.4. The van der Waals surface area contributed by atoms with Crippen LogP contribution in [-0.4, -0.2) is 16.1 Å². The summed E-state index contributed by atoms with van der Waals surface area (Å²) in [6, 6.07) is 2.45. The summed E-state index contributed by atoms with van der Waals surface area (Å²) in [5.41, 5.74) is 2.52. The summed E-state index contributed by atoms with van der Waals surface area (Å²) in [5, 5.41) is 10.1. The van der Waals surface area contributed by atoms with Crippen molar-refractivity contribution in [2.24, 2.45) is 0 Å². The van der Waals surface area contributed by atoms with Crippen molar-refractivity contribution in [3.05, 3.63) is 32.5 Å². The first kappa shape index (κ1) is 14.6. The van der Waals surface area contributed by atoms with E-state index >= 15 is 0 Å². The van der Waals surface area contributed by atoms with Crippen molar-refractivity contribution in [2.75, 3.05) is 6.54 Å². The molecular formula is C14H21N3S2. The molecule has 0 aromatic carbocycles. The molecular weight excluding hydrogens is 274 g/mol. The lowest BCUT2D eigenvalue weighted by atomic mass is 10.1. The molecule has 2 heterocycles. The van der Waals surface area contributed by atoms with Crippen LogP contribution in [0, 0.1) is 6.92 Å². The van der Waals surface area contributed by atoms with Crippen molar-refractivity contribution < 1.29 is 0 Å². The number of aromatic nitrogens is 2. The van der Waals surface area contributed by atoms with Crippen molar-refractivity contribution in [3.63, 3.8) is 0 Å². The lowest BCUT2D eigenvalue weighted by Crippen LogP contribution is -2.23. The smallest absolute Gasteiger partial charge is 0.0807 e. The van der Waals surface area contributed by atoms with E-state index in [9.17, 15) is 0 Å². The van der Waals surface area contributed by atoms with Crippen molar-refractivity contribution in [2.45, 2.75) is 46.1 Å². The SMILES string of the molecule is CCCNC(c1sccc1C)c1snnc1CCC. The zero-order chi connectivity index (χ0) is 13.7. The molecule has 1 N–H and O–H groups in total. The van der Waals surface area contributed by atoms with Crippen LogP contribution in [0.25, 0.3) is 0 Å². The molecule has 2 aromatic rings. The van der Waals surface area contributed by atoms with Gasteiger partial charge in [-0.05, 0) is 54.9 Å². The first-order valence-electron chi connectivity index (χ1n) is 6.86. The van der Waals surface area contributed by atoms with Gasteiger partial charge in [-0.15, -0.1) is 16.4 Å². The summed E-state index contributed by atoms with van der Waals surface area (Å²) in [6.45, 7) is 7.59. The highest BCUT2D eigenvalue weighted by Crippen LogP contribution is 2.33. The van der Waals surface area contributed by atoms with Crippen molar-refractivity contribution in [1.29, 1.82) is 0 Å². The third-order valence-corrected chi connectivity index (χ3v) is 5.01. The molecule has 5 heteroatoms. The summed E-state index contributed by atoms with van der Waals surface area (Å²) in [6.07, 6.45) is 3.26. The Morgan fingerprint density at radius 3 is 2.74 bits per heavy atom. The second-order valence-corrected chi connectivity index (χ2v) is 6.42. The lowest BCUT2D eigenvalue weighted by molar-refractivity contribution is 0.604. The van der Waals surface area contributed by atoms with Crippen LogP contribution in [0.1, 0.15) is 53.7 Å². The van der Waals surface area contributed by atoms with Gasteiger partial charge in [-0.1, -0.05) is 24.8 Å². The molecule has 3 nitrogen and oxygen atoms in total. The van der Waals surface area contributed by atoms with Gasteiger partial charge in [0.2, 0.25) is 0 Å². The molecule has 104 valence electrons. The molecule has 0 fully saturated rings. The molecule has 0 aliphatic rings. The van der Waals surface area contributed by atoms with Crippen LogP contribution in [0.15, 0.2) is 11.4 Å². The molecule has 2 aromatic heterocycles. The van der Waals surface area contributed by atoms with Gasteiger partial charge in [0.15, 0.2) is 0 Å². The van der Waals surface area contributed by atoms with E-state index in [2.05, 4.69) is 47.1 Å². The molecule has 19 heavy (non-hydrogen) atoms. The van der Waals surface area contributed by atoms with Crippen molar-refractivity contribution >= 4 is 22.9 Å². The Morgan fingerprint density at radius 2 is 2.11 bits per heavy atom. The van der Waals surface area contributed by atoms with Crippen LogP contribution in [-0.2, 0) is 6.42 Å². The van der Waals surface area contributed by atoms with Crippen LogP contribution in [0.5, 0.6) is 0 Å². The van der Waals surface area contributed by atoms with Gasteiger partial charge in [0.1, 0.15) is 0 Å². The van der Waals surface area contributed by atoms with E-state index in [1.807, 2.05) is 11.3 Å². The quantitative estimate of drug-likeness (QED) is 0.840. The minimum absolute atomic E-state index is 0.265. The maximum absolute atomic E-state index is 4.31. The molecule has 2 rings (SSSR count). The summed E-state index contributed by atoms with van der Waals surface area (Å²) in [4.78, 5) is 2.69. The van der Waals surface area contributed by atoms with Gasteiger partial charge in [-0.25, -0.2) is 0 Å². The molecule has 0 aliphatic heterocycles. The normalized spacial score (nSPS) is 12.8. The zero-order valence-electron chi connectivity index (χ0n) is 11.8. The standard InChI is InChI=1S/C14H21N3S2/c1-4-6-11-14(19-17-16-11)12(15-8-5-2)13-10(3)7-9-18-13/h7,9,12,15H,4-6,8H2,1-3H3.